The number of ether oxygens (including phenoxy) is 2. The quantitative estimate of drug-likeness (QED) is 0.0280. The van der Waals surface area contributed by atoms with Gasteiger partial charge < -0.3 is 41.0 Å². The zero-order chi connectivity index (χ0) is 48.9. The van der Waals surface area contributed by atoms with E-state index in [2.05, 4.69) is 41.2 Å². The number of amides is 4. The van der Waals surface area contributed by atoms with E-state index in [1.165, 1.54) is 12.4 Å². The van der Waals surface area contributed by atoms with Crippen LogP contribution in [0.4, 0.5) is 21.0 Å². The number of aromatic hydroxyl groups is 2. The van der Waals surface area contributed by atoms with Gasteiger partial charge in [-0.05, 0) is 124 Å². The number of hydrogen-bond acceptors (Lipinski definition) is 12. The van der Waals surface area contributed by atoms with E-state index in [0.717, 1.165) is 45.6 Å². The van der Waals surface area contributed by atoms with Crippen molar-refractivity contribution in [1.82, 2.24) is 41.2 Å². The number of aliphatic imine (C=N–C) groups is 2. The normalized spacial score (nSPS) is 11.1. The van der Waals surface area contributed by atoms with Gasteiger partial charge in [-0.2, -0.15) is 0 Å². The summed E-state index contributed by atoms with van der Waals surface area (Å²) in [6, 6.07) is 40.1. The van der Waals surface area contributed by atoms with Gasteiger partial charge in [0.05, 0.1) is 47.2 Å². The third-order valence-corrected chi connectivity index (χ3v) is 10.6. The molecule has 7 rings (SSSR count). The number of benzene rings is 3. The SMILES string of the molecule is Cc1cccc(-c2cccc(CCCNC(=O)NCCOc3cccc(C=Nc4ccccc4N=Cc4cccc(OCCNC(=O)NCCCc5cccc(-c6cccc(C)n6)n5)c4O)c3O)n2)n1. The molecule has 4 amide bonds. The number of aromatic nitrogens is 4. The van der Waals surface area contributed by atoms with Gasteiger partial charge in [0.2, 0.25) is 0 Å². The van der Waals surface area contributed by atoms with E-state index in [9.17, 15) is 19.8 Å². The molecule has 0 bridgehead atoms. The largest absolute Gasteiger partial charge is 0.504 e. The molecule has 358 valence electrons. The third kappa shape index (κ3) is 14.9. The summed E-state index contributed by atoms with van der Waals surface area (Å²) >= 11 is 0. The molecular weight excluding hydrogens is 885 g/mol. The van der Waals surface area contributed by atoms with E-state index in [-0.39, 0.29) is 61.4 Å². The van der Waals surface area contributed by atoms with E-state index in [1.807, 2.05) is 98.8 Å². The molecule has 7 aromatic rings. The average molecular weight is 941 g/mol. The van der Waals surface area contributed by atoms with Crippen molar-refractivity contribution >= 4 is 35.9 Å². The molecule has 0 spiro atoms. The Balaban J connectivity index is 0.808. The summed E-state index contributed by atoms with van der Waals surface area (Å²) in [7, 11) is 0. The van der Waals surface area contributed by atoms with Crippen molar-refractivity contribution < 1.29 is 29.3 Å². The van der Waals surface area contributed by atoms with Crippen LogP contribution in [-0.4, -0.2) is 94.0 Å². The Morgan fingerprint density at radius 3 is 1.30 bits per heavy atom. The first kappa shape index (κ1) is 49.3. The highest BCUT2D eigenvalue weighted by Crippen LogP contribution is 2.33. The number of hydrogen-bond donors (Lipinski definition) is 6. The number of phenolic OH excluding ortho intramolecular Hbond substituents is 2. The molecule has 70 heavy (non-hydrogen) atoms. The van der Waals surface area contributed by atoms with Crippen LogP contribution in [0.5, 0.6) is 23.0 Å². The van der Waals surface area contributed by atoms with Crippen molar-refractivity contribution in [2.24, 2.45) is 9.98 Å². The van der Waals surface area contributed by atoms with Crippen molar-refractivity contribution in [3.8, 4) is 45.8 Å². The minimum Gasteiger partial charge on any atom is -0.504 e. The monoisotopic (exact) mass is 940 g/mol. The van der Waals surface area contributed by atoms with Crippen molar-refractivity contribution in [2.45, 2.75) is 39.5 Å². The fraction of sp³-hybridized carbons (Fsp3) is 0.222. The summed E-state index contributed by atoms with van der Waals surface area (Å²) in [6.45, 7) is 5.52. The molecule has 3 aromatic carbocycles. The Hall–Kier alpha value is -8.66. The average Bonchev–Trinajstić information content (AvgIpc) is 3.37. The van der Waals surface area contributed by atoms with E-state index < -0.39 is 0 Å². The molecule has 16 heteroatoms. The first-order valence-electron chi connectivity index (χ1n) is 23.1. The molecule has 0 aliphatic carbocycles. The standard InChI is InChI=1S/C54H56N10O6/c1-37-13-5-23-45(61-37)47-25-9-17-41(63-47)19-11-29-55-53(67)57-31-33-69-49-27-7-15-39(51(49)65)35-59-43-21-3-4-22-44(43)60-36-40-16-8-28-50(52(40)66)70-34-32-58-54(68)56-30-12-20-42-18-10-26-48(64-42)46-24-6-14-38(2)62-46/h3-10,13-18,21-28,35-36,65-66H,11-12,19-20,29-34H2,1-2H3,(H2,55,57,67)(H2,56,58,68). The molecule has 0 radical (unpaired) electrons. The molecule has 0 saturated carbocycles. The van der Waals surface area contributed by atoms with E-state index in [0.29, 0.717) is 61.3 Å². The van der Waals surface area contributed by atoms with Gasteiger partial charge >= 0.3 is 12.1 Å². The van der Waals surface area contributed by atoms with Crippen LogP contribution in [0.3, 0.4) is 0 Å². The summed E-state index contributed by atoms with van der Waals surface area (Å²) in [4.78, 5) is 52.5. The summed E-state index contributed by atoms with van der Waals surface area (Å²) in [6.07, 6.45) is 5.84. The minimum atomic E-state index is -0.320. The number of urea groups is 2. The van der Waals surface area contributed by atoms with Crippen LogP contribution in [0, 0.1) is 13.8 Å². The van der Waals surface area contributed by atoms with Crippen LogP contribution >= 0.6 is 0 Å². The maximum Gasteiger partial charge on any atom is 0.314 e. The zero-order valence-electron chi connectivity index (χ0n) is 39.1. The van der Waals surface area contributed by atoms with Crippen LogP contribution in [0.2, 0.25) is 0 Å². The number of aryl methyl sites for hydroxylation is 4. The summed E-state index contributed by atoms with van der Waals surface area (Å²) in [5.41, 5.74) is 8.87. The van der Waals surface area contributed by atoms with Gasteiger partial charge in [0.15, 0.2) is 23.0 Å². The topological polar surface area (TPSA) is 217 Å². The number of rotatable bonds is 22. The Bertz CT molecular complexity index is 2730. The highest BCUT2D eigenvalue weighted by molar-refractivity contribution is 5.90. The summed E-state index contributed by atoms with van der Waals surface area (Å²) < 4.78 is 11.6. The Labute approximate surface area is 407 Å². The smallest absolute Gasteiger partial charge is 0.314 e. The van der Waals surface area contributed by atoms with Gasteiger partial charge in [-0.3, -0.25) is 29.9 Å². The number of nitrogens with zero attached hydrogens (tertiary/aromatic N) is 6. The van der Waals surface area contributed by atoms with Gasteiger partial charge in [0.25, 0.3) is 0 Å². The molecule has 0 saturated heterocycles. The predicted octanol–water partition coefficient (Wildman–Crippen LogP) is 8.75. The predicted molar refractivity (Wildman–Crippen MR) is 272 cm³/mol. The van der Waals surface area contributed by atoms with Gasteiger partial charge in [0.1, 0.15) is 13.2 Å². The lowest BCUT2D eigenvalue weighted by molar-refractivity contribution is 0.235. The van der Waals surface area contributed by atoms with E-state index >= 15 is 0 Å². The van der Waals surface area contributed by atoms with Gasteiger partial charge in [0, 0.05) is 59.4 Å². The van der Waals surface area contributed by atoms with Crippen LogP contribution in [0.1, 0.15) is 46.7 Å². The van der Waals surface area contributed by atoms with Crippen LogP contribution < -0.4 is 30.7 Å². The lowest BCUT2D eigenvalue weighted by Gasteiger charge is -2.11. The first-order valence-corrected chi connectivity index (χ1v) is 23.1. The number of pyridine rings is 4. The molecule has 16 nitrogen and oxygen atoms in total. The fourth-order valence-electron chi connectivity index (χ4n) is 7.09. The molecule has 4 aromatic heterocycles. The Kier molecular flexibility index (Phi) is 17.9. The molecule has 0 atom stereocenters. The van der Waals surface area contributed by atoms with Gasteiger partial charge in [-0.25, -0.2) is 9.59 Å². The number of para-hydroxylation sites is 4. The number of carbonyl (C=O) groups is 2. The molecule has 4 heterocycles. The lowest BCUT2D eigenvalue weighted by atomic mass is 10.1. The Morgan fingerprint density at radius 1 is 0.486 bits per heavy atom. The fourth-order valence-corrected chi connectivity index (χ4v) is 7.09. The zero-order valence-corrected chi connectivity index (χ0v) is 39.1. The molecule has 0 fully saturated rings. The van der Waals surface area contributed by atoms with Crippen molar-refractivity contribution in [1.29, 1.82) is 0 Å². The first-order chi connectivity index (χ1) is 34.2. The number of nitrogens with one attached hydrogen (secondary N) is 4. The highest BCUT2D eigenvalue weighted by Gasteiger charge is 2.11. The third-order valence-electron chi connectivity index (χ3n) is 10.6. The van der Waals surface area contributed by atoms with Crippen molar-refractivity contribution in [3.63, 3.8) is 0 Å². The van der Waals surface area contributed by atoms with E-state index in [1.54, 1.807) is 48.5 Å². The second-order valence-corrected chi connectivity index (χ2v) is 16.0. The second kappa shape index (κ2) is 25.5. The van der Waals surface area contributed by atoms with Crippen molar-refractivity contribution in [3.05, 3.63) is 167 Å². The van der Waals surface area contributed by atoms with Crippen molar-refractivity contribution in [2.75, 3.05) is 39.4 Å². The maximum atomic E-state index is 12.4. The lowest BCUT2D eigenvalue weighted by Crippen LogP contribution is -2.38. The molecule has 0 aliphatic rings. The highest BCUT2D eigenvalue weighted by atomic mass is 16.5. The second-order valence-electron chi connectivity index (χ2n) is 16.0. The number of phenols is 2. The molecule has 0 unspecified atom stereocenters. The van der Waals surface area contributed by atoms with Crippen LogP contribution in [0.25, 0.3) is 22.8 Å². The summed E-state index contributed by atoms with van der Waals surface area (Å²) in [5.74, 6) is 0.272. The molecule has 0 aliphatic heterocycles. The Morgan fingerprint density at radius 2 is 0.871 bits per heavy atom. The molecule has 6 N–H and O–H groups in total. The van der Waals surface area contributed by atoms with E-state index in [4.69, 9.17) is 19.4 Å². The summed E-state index contributed by atoms with van der Waals surface area (Å²) in [5, 5.41) is 33.2. The van der Waals surface area contributed by atoms with Gasteiger partial charge in [-0.1, -0.05) is 48.5 Å². The van der Waals surface area contributed by atoms with Gasteiger partial charge in [-0.15, -0.1) is 0 Å². The number of carbonyl (C=O) groups excluding carboxylic acids is 2. The van der Waals surface area contributed by atoms with Crippen LogP contribution in [0.15, 0.2) is 143 Å². The molecular formula is C54H56N10O6. The maximum absolute atomic E-state index is 12.4. The van der Waals surface area contributed by atoms with Crippen LogP contribution in [-0.2, 0) is 12.8 Å². The minimum absolute atomic E-state index is 0.104.